The van der Waals surface area contributed by atoms with Gasteiger partial charge in [-0.15, -0.1) is 0 Å². The van der Waals surface area contributed by atoms with Crippen molar-refractivity contribution in [3.8, 4) is 5.69 Å². The van der Waals surface area contributed by atoms with Gasteiger partial charge in [-0.05, 0) is 31.5 Å². The van der Waals surface area contributed by atoms with Crippen LogP contribution in [0.5, 0.6) is 0 Å². The molecule has 0 bridgehead atoms. The van der Waals surface area contributed by atoms with Crippen LogP contribution in [-0.4, -0.2) is 39.5 Å². The summed E-state index contributed by atoms with van der Waals surface area (Å²) in [5.41, 5.74) is 2.96. The molecule has 0 saturated heterocycles. The van der Waals surface area contributed by atoms with Crippen LogP contribution >= 0.6 is 0 Å². The first-order chi connectivity index (χ1) is 10.7. The minimum atomic E-state index is 0.158. The highest BCUT2D eigenvalue weighted by Crippen LogP contribution is 2.22. The Balaban J connectivity index is 2.02. The largest absolute Gasteiger partial charge is 0.383 e. The molecule has 1 atom stereocenters. The summed E-state index contributed by atoms with van der Waals surface area (Å²) in [6.07, 6.45) is 3.34. The van der Waals surface area contributed by atoms with Gasteiger partial charge < -0.3 is 10.1 Å². The molecule has 1 aromatic carbocycles. The van der Waals surface area contributed by atoms with E-state index in [2.05, 4.69) is 39.4 Å². The minimum Gasteiger partial charge on any atom is -0.383 e. The molecule has 0 amide bonds. The fourth-order valence-corrected chi connectivity index (χ4v) is 2.43. The van der Waals surface area contributed by atoms with Gasteiger partial charge in [-0.25, -0.2) is 14.6 Å². The first-order valence-electron chi connectivity index (χ1n) is 7.20. The quantitative estimate of drug-likeness (QED) is 0.784. The summed E-state index contributed by atoms with van der Waals surface area (Å²) in [4.78, 5) is 8.70. The molecule has 1 N–H and O–H groups in total. The van der Waals surface area contributed by atoms with Crippen molar-refractivity contribution in [1.29, 1.82) is 0 Å². The zero-order valence-electron chi connectivity index (χ0n) is 12.9. The first-order valence-corrected chi connectivity index (χ1v) is 7.20. The molecule has 0 aliphatic rings. The predicted octanol–water partition coefficient (Wildman–Crippen LogP) is 2.57. The Bertz CT molecular complexity index is 783. The zero-order chi connectivity index (χ0) is 15.5. The van der Waals surface area contributed by atoms with E-state index < -0.39 is 0 Å². The summed E-state index contributed by atoms with van der Waals surface area (Å²) in [5.74, 6) is 0.772. The second-order valence-corrected chi connectivity index (χ2v) is 5.36. The van der Waals surface area contributed by atoms with Gasteiger partial charge in [0.1, 0.15) is 12.1 Å². The molecule has 3 aromatic rings. The van der Waals surface area contributed by atoms with Gasteiger partial charge in [0.05, 0.1) is 23.9 Å². The molecule has 2 aromatic heterocycles. The average molecular weight is 297 g/mol. The number of ether oxygens (including phenoxy) is 1. The number of hydrogen-bond acceptors (Lipinski definition) is 5. The van der Waals surface area contributed by atoms with Crippen molar-refractivity contribution in [3.63, 3.8) is 0 Å². The minimum absolute atomic E-state index is 0.158. The van der Waals surface area contributed by atoms with E-state index in [1.807, 2.05) is 23.7 Å². The molecule has 0 unspecified atom stereocenters. The molecule has 3 rings (SSSR count). The number of nitrogens with zero attached hydrogens (tertiary/aromatic N) is 4. The van der Waals surface area contributed by atoms with E-state index >= 15 is 0 Å². The van der Waals surface area contributed by atoms with Crippen LogP contribution in [0.4, 0.5) is 5.82 Å². The van der Waals surface area contributed by atoms with Crippen molar-refractivity contribution in [1.82, 2.24) is 19.7 Å². The van der Waals surface area contributed by atoms with Gasteiger partial charge in [-0.1, -0.05) is 12.1 Å². The second kappa shape index (κ2) is 6.11. The van der Waals surface area contributed by atoms with Gasteiger partial charge >= 0.3 is 0 Å². The van der Waals surface area contributed by atoms with Gasteiger partial charge in [0, 0.05) is 13.2 Å². The Morgan fingerprint density at radius 2 is 2.18 bits per heavy atom. The van der Waals surface area contributed by atoms with Gasteiger partial charge in [0.25, 0.3) is 0 Å². The second-order valence-electron chi connectivity index (χ2n) is 5.36. The number of anilines is 1. The molecule has 0 saturated carbocycles. The number of aryl methyl sites for hydroxylation is 1. The summed E-state index contributed by atoms with van der Waals surface area (Å²) in [6.45, 7) is 4.71. The maximum atomic E-state index is 5.15. The summed E-state index contributed by atoms with van der Waals surface area (Å²) < 4.78 is 6.98. The fourth-order valence-electron chi connectivity index (χ4n) is 2.43. The first kappa shape index (κ1) is 14.5. The molecule has 0 radical (unpaired) electrons. The SMILES string of the molecule is COC[C@@H](C)Nc1ncnc2c1cnn2-c1cccc(C)c1. The smallest absolute Gasteiger partial charge is 0.168 e. The Morgan fingerprint density at radius 3 is 2.95 bits per heavy atom. The van der Waals surface area contributed by atoms with Crippen molar-refractivity contribution in [3.05, 3.63) is 42.4 Å². The summed E-state index contributed by atoms with van der Waals surface area (Å²) >= 11 is 0. The zero-order valence-corrected chi connectivity index (χ0v) is 12.9. The normalized spacial score (nSPS) is 12.5. The van der Waals surface area contributed by atoms with Gasteiger partial charge in [-0.3, -0.25) is 0 Å². The lowest BCUT2D eigenvalue weighted by atomic mass is 10.2. The Hall–Kier alpha value is -2.47. The lowest BCUT2D eigenvalue weighted by Gasteiger charge is -2.13. The monoisotopic (exact) mass is 297 g/mol. The van der Waals surface area contributed by atoms with Crippen molar-refractivity contribution < 1.29 is 4.74 Å². The molecule has 0 fully saturated rings. The third kappa shape index (κ3) is 2.78. The Labute approximate surface area is 129 Å². The van der Waals surface area contributed by atoms with Crippen molar-refractivity contribution in [2.75, 3.05) is 19.0 Å². The van der Waals surface area contributed by atoms with E-state index in [1.54, 1.807) is 19.6 Å². The van der Waals surface area contributed by atoms with Gasteiger partial charge in [0.15, 0.2) is 5.65 Å². The van der Waals surface area contributed by atoms with E-state index in [0.717, 1.165) is 22.5 Å². The molecule has 0 aliphatic carbocycles. The van der Waals surface area contributed by atoms with Crippen LogP contribution in [0.15, 0.2) is 36.8 Å². The summed E-state index contributed by atoms with van der Waals surface area (Å²) in [5, 5.41) is 8.69. The van der Waals surface area contributed by atoms with Crippen molar-refractivity contribution in [2.45, 2.75) is 19.9 Å². The van der Waals surface area contributed by atoms with Crippen LogP contribution in [0.3, 0.4) is 0 Å². The van der Waals surface area contributed by atoms with Crippen LogP contribution in [0.1, 0.15) is 12.5 Å². The number of aromatic nitrogens is 4. The van der Waals surface area contributed by atoms with E-state index in [0.29, 0.717) is 6.61 Å². The number of benzene rings is 1. The lowest BCUT2D eigenvalue weighted by Crippen LogP contribution is -2.21. The topological polar surface area (TPSA) is 64.9 Å². The van der Waals surface area contributed by atoms with E-state index in [-0.39, 0.29) is 6.04 Å². The van der Waals surface area contributed by atoms with Crippen LogP contribution in [0, 0.1) is 6.92 Å². The van der Waals surface area contributed by atoms with Gasteiger partial charge in [0.2, 0.25) is 0 Å². The van der Waals surface area contributed by atoms with Gasteiger partial charge in [-0.2, -0.15) is 5.10 Å². The number of hydrogen-bond donors (Lipinski definition) is 1. The highest BCUT2D eigenvalue weighted by Gasteiger charge is 2.12. The molecule has 0 spiro atoms. The molecule has 22 heavy (non-hydrogen) atoms. The number of rotatable bonds is 5. The number of nitrogens with one attached hydrogen (secondary N) is 1. The van der Waals surface area contributed by atoms with Crippen LogP contribution < -0.4 is 5.32 Å². The third-order valence-electron chi connectivity index (χ3n) is 3.41. The maximum Gasteiger partial charge on any atom is 0.168 e. The molecule has 0 aliphatic heterocycles. The molecule has 6 nitrogen and oxygen atoms in total. The fraction of sp³-hybridized carbons (Fsp3) is 0.312. The lowest BCUT2D eigenvalue weighted by molar-refractivity contribution is 0.190. The summed E-state index contributed by atoms with van der Waals surface area (Å²) in [7, 11) is 1.68. The highest BCUT2D eigenvalue weighted by molar-refractivity contribution is 5.87. The molecule has 6 heteroatoms. The standard InChI is InChI=1S/C16H19N5O/c1-11-5-4-6-13(7-11)21-16-14(8-19-21)15(17-10-18-16)20-12(2)9-22-3/h4-8,10,12H,9H2,1-3H3,(H,17,18,20)/t12-/m1/s1. The Morgan fingerprint density at radius 1 is 1.32 bits per heavy atom. The van der Waals surface area contributed by atoms with E-state index in [1.165, 1.54) is 5.56 Å². The molecular weight excluding hydrogens is 278 g/mol. The van der Waals surface area contributed by atoms with Crippen LogP contribution in [0.2, 0.25) is 0 Å². The highest BCUT2D eigenvalue weighted by atomic mass is 16.5. The van der Waals surface area contributed by atoms with Crippen molar-refractivity contribution >= 4 is 16.9 Å². The van der Waals surface area contributed by atoms with E-state index in [4.69, 9.17) is 4.74 Å². The molecule has 114 valence electrons. The number of fused-ring (bicyclic) bond motifs is 1. The summed E-state index contributed by atoms with van der Waals surface area (Å²) in [6, 6.07) is 8.32. The Kier molecular flexibility index (Phi) is 4.02. The molecule has 2 heterocycles. The molecular formula is C16H19N5O. The number of methoxy groups -OCH3 is 1. The van der Waals surface area contributed by atoms with Crippen LogP contribution in [0.25, 0.3) is 16.7 Å². The third-order valence-corrected chi connectivity index (χ3v) is 3.41. The van der Waals surface area contributed by atoms with Crippen molar-refractivity contribution in [2.24, 2.45) is 0 Å². The van der Waals surface area contributed by atoms with E-state index in [9.17, 15) is 0 Å². The maximum absolute atomic E-state index is 5.15. The average Bonchev–Trinajstić information content (AvgIpc) is 2.92. The predicted molar refractivity (Wildman–Crippen MR) is 86.4 cm³/mol. The van der Waals surface area contributed by atoms with Crippen LogP contribution in [-0.2, 0) is 4.74 Å².